The lowest BCUT2D eigenvalue weighted by atomic mass is 10.2. The maximum atomic E-state index is 12.3. The molecule has 23 heavy (non-hydrogen) atoms. The lowest BCUT2D eigenvalue weighted by Gasteiger charge is -2.08. The number of rotatable bonds is 5. The number of aromatic nitrogens is 4. The van der Waals surface area contributed by atoms with Gasteiger partial charge in [0.15, 0.2) is 5.69 Å². The highest BCUT2D eigenvalue weighted by molar-refractivity contribution is 6.03. The molecular weight excluding hydrogens is 292 g/mol. The Bertz CT molecular complexity index is 832. The number of hydrogen-bond acceptors (Lipinski definition) is 4. The molecule has 7 nitrogen and oxygen atoms in total. The third kappa shape index (κ3) is 3.57. The smallest absolute Gasteiger partial charge is 0.276 e. The van der Waals surface area contributed by atoms with E-state index in [1.165, 1.54) is 0 Å². The first-order chi connectivity index (χ1) is 11.0. The van der Waals surface area contributed by atoms with Crippen molar-refractivity contribution in [3.05, 3.63) is 42.0 Å². The average molecular weight is 312 g/mol. The summed E-state index contributed by atoms with van der Waals surface area (Å²) in [5, 5.41) is 7.17. The zero-order valence-electron chi connectivity index (χ0n) is 13.5. The minimum atomic E-state index is -0.218. The summed E-state index contributed by atoms with van der Waals surface area (Å²) in [5.41, 5.74) is 2.91. The summed E-state index contributed by atoms with van der Waals surface area (Å²) in [6.45, 7) is 3.52. The van der Waals surface area contributed by atoms with E-state index in [2.05, 4.69) is 25.3 Å². The Morgan fingerprint density at radius 2 is 2.17 bits per heavy atom. The summed E-state index contributed by atoms with van der Waals surface area (Å²) >= 11 is 0. The van der Waals surface area contributed by atoms with E-state index in [0.29, 0.717) is 11.4 Å². The molecule has 0 fully saturated rings. The van der Waals surface area contributed by atoms with Gasteiger partial charge in [-0.1, -0.05) is 0 Å². The molecule has 1 amide bonds. The quantitative estimate of drug-likeness (QED) is 0.754. The van der Waals surface area contributed by atoms with E-state index < -0.39 is 0 Å². The van der Waals surface area contributed by atoms with Gasteiger partial charge in [0.25, 0.3) is 5.91 Å². The molecule has 0 bridgehead atoms. The molecule has 7 heteroatoms. The van der Waals surface area contributed by atoms with Gasteiger partial charge < -0.3 is 15.2 Å². The third-order valence-electron chi connectivity index (χ3n) is 3.51. The molecule has 0 aliphatic heterocycles. The summed E-state index contributed by atoms with van der Waals surface area (Å²) in [6.07, 6.45) is 1.82. The molecule has 1 aromatic carbocycles. The number of hydrogen-bond donors (Lipinski definition) is 2. The normalized spacial score (nSPS) is 11.3. The standard InChI is InChI=1S/C16H20N6O/c1-11-17-13-5-4-12(10-15(13)18-11)19-16(23)14-6-7-22(20-14)9-8-21(2)3/h4-7,10H,8-9H2,1-3H3,(H,17,18)(H,19,23). The molecule has 0 aliphatic rings. The maximum absolute atomic E-state index is 12.3. The third-order valence-corrected chi connectivity index (χ3v) is 3.51. The second-order valence-corrected chi connectivity index (χ2v) is 5.78. The fourth-order valence-corrected chi connectivity index (χ4v) is 2.32. The lowest BCUT2D eigenvalue weighted by molar-refractivity contribution is 0.102. The highest BCUT2D eigenvalue weighted by atomic mass is 16.1. The van der Waals surface area contributed by atoms with Gasteiger partial charge in [-0.25, -0.2) is 4.98 Å². The van der Waals surface area contributed by atoms with Gasteiger partial charge in [-0.05, 0) is 45.3 Å². The van der Waals surface area contributed by atoms with E-state index in [1.54, 1.807) is 10.7 Å². The summed E-state index contributed by atoms with van der Waals surface area (Å²) in [4.78, 5) is 21.9. The van der Waals surface area contributed by atoms with Crippen LogP contribution in [-0.4, -0.2) is 51.2 Å². The van der Waals surface area contributed by atoms with Crippen LogP contribution in [0.1, 0.15) is 16.3 Å². The number of imidazole rings is 1. The van der Waals surface area contributed by atoms with Crippen LogP contribution in [0.25, 0.3) is 11.0 Å². The van der Waals surface area contributed by atoms with Gasteiger partial charge in [0.05, 0.1) is 17.6 Å². The highest BCUT2D eigenvalue weighted by Crippen LogP contribution is 2.17. The van der Waals surface area contributed by atoms with E-state index in [4.69, 9.17) is 0 Å². The number of nitrogens with one attached hydrogen (secondary N) is 2. The van der Waals surface area contributed by atoms with E-state index >= 15 is 0 Å². The number of benzene rings is 1. The first-order valence-electron chi connectivity index (χ1n) is 7.47. The number of aromatic amines is 1. The largest absolute Gasteiger partial charge is 0.342 e. The minimum Gasteiger partial charge on any atom is -0.342 e. The molecule has 0 atom stereocenters. The molecule has 0 radical (unpaired) electrons. The van der Waals surface area contributed by atoms with Crippen LogP contribution >= 0.6 is 0 Å². The first kappa shape index (κ1) is 15.2. The molecule has 0 saturated carbocycles. The predicted octanol–water partition coefficient (Wildman–Crippen LogP) is 1.88. The van der Waals surface area contributed by atoms with E-state index in [9.17, 15) is 4.79 Å². The molecule has 0 saturated heterocycles. The Balaban J connectivity index is 1.70. The number of fused-ring (bicyclic) bond motifs is 1. The van der Waals surface area contributed by atoms with Gasteiger partial charge in [0.2, 0.25) is 0 Å². The Kier molecular flexibility index (Phi) is 4.12. The van der Waals surface area contributed by atoms with Gasteiger partial charge in [-0.3, -0.25) is 9.48 Å². The summed E-state index contributed by atoms with van der Waals surface area (Å²) in [7, 11) is 4.01. The molecular formula is C16H20N6O. The van der Waals surface area contributed by atoms with Crippen molar-refractivity contribution in [2.24, 2.45) is 0 Å². The number of H-pyrrole nitrogens is 1. The Hall–Kier alpha value is -2.67. The van der Waals surface area contributed by atoms with Gasteiger partial charge in [0, 0.05) is 18.4 Å². The Morgan fingerprint density at radius 3 is 2.96 bits per heavy atom. The number of nitrogens with zero attached hydrogens (tertiary/aromatic N) is 4. The second kappa shape index (κ2) is 6.21. The summed E-state index contributed by atoms with van der Waals surface area (Å²) in [5.74, 6) is 0.632. The molecule has 2 aromatic heterocycles. The van der Waals surface area contributed by atoms with Crippen molar-refractivity contribution in [1.82, 2.24) is 24.6 Å². The van der Waals surface area contributed by atoms with E-state index in [1.807, 2.05) is 45.4 Å². The average Bonchev–Trinajstić information content (AvgIpc) is 3.10. The minimum absolute atomic E-state index is 0.218. The van der Waals surface area contributed by atoms with Crippen molar-refractivity contribution in [1.29, 1.82) is 0 Å². The fourth-order valence-electron chi connectivity index (χ4n) is 2.32. The predicted molar refractivity (Wildman–Crippen MR) is 89.6 cm³/mol. The van der Waals surface area contributed by atoms with Crippen LogP contribution in [0.3, 0.4) is 0 Å². The zero-order chi connectivity index (χ0) is 16.4. The molecule has 3 aromatic rings. The monoisotopic (exact) mass is 312 g/mol. The number of likely N-dealkylation sites (N-methyl/N-ethyl adjacent to an activating group) is 1. The van der Waals surface area contributed by atoms with Gasteiger partial charge >= 0.3 is 0 Å². The Labute approximate surface area is 134 Å². The van der Waals surface area contributed by atoms with Crippen LogP contribution in [0.5, 0.6) is 0 Å². The van der Waals surface area contributed by atoms with Crippen LogP contribution in [0.4, 0.5) is 5.69 Å². The summed E-state index contributed by atoms with van der Waals surface area (Å²) in [6, 6.07) is 7.31. The van der Waals surface area contributed by atoms with Gasteiger partial charge in [-0.2, -0.15) is 5.10 Å². The van der Waals surface area contributed by atoms with Gasteiger partial charge in [0.1, 0.15) is 5.82 Å². The van der Waals surface area contributed by atoms with E-state index in [0.717, 1.165) is 29.9 Å². The van der Waals surface area contributed by atoms with Crippen LogP contribution in [-0.2, 0) is 6.54 Å². The number of aryl methyl sites for hydroxylation is 1. The first-order valence-corrected chi connectivity index (χ1v) is 7.47. The molecule has 0 unspecified atom stereocenters. The number of carbonyl (C=O) groups excluding carboxylic acids is 1. The van der Waals surface area contributed by atoms with Crippen molar-refractivity contribution in [2.75, 3.05) is 26.0 Å². The molecule has 3 rings (SSSR count). The van der Waals surface area contributed by atoms with Crippen molar-refractivity contribution in [3.63, 3.8) is 0 Å². The SMILES string of the molecule is Cc1nc2ccc(NC(=O)c3ccn(CCN(C)C)n3)cc2[nH]1. The van der Waals surface area contributed by atoms with Crippen LogP contribution < -0.4 is 5.32 Å². The Morgan fingerprint density at radius 1 is 1.35 bits per heavy atom. The van der Waals surface area contributed by atoms with Crippen molar-refractivity contribution in [3.8, 4) is 0 Å². The molecule has 0 spiro atoms. The van der Waals surface area contributed by atoms with Crippen molar-refractivity contribution >= 4 is 22.6 Å². The fraction of sp³-hybridized carbons (Fsp3) is 0.312. The van der Waals surface area contributed by atoms with Crippen LogP contribution in [0, 0.1) is 6.92 Å². The highest BCUT2D eigenvalue weighted by Gasteiger charge is 2.11. The maximum Gasteiger partial charge on any atom is 0.276 e. The molecule has 0 aliphatic carbocycles. The van der Waals surface area contributed by atoms with Crippen LogP contribution in [0.2, 0.25) is 0 Å². The second-order valence-electron chi connectivity index (χ2n) is 5.78. The number of amides is 1. The molecule has 120 valence electrons. The molecule has 2 heterocycles. The topological polar surface area (TPSA) is 78.8 Å². The van der Waals surface area contributed by atoms with E-state index in [-0.39, 0.29) is 5.91 Å². The van der Waals surface area contributed by atoms with Gasteiger partial charge in [-0.15, -0.1) is 0 Å². The van der Waals surface area contributed by atoms with Crippen molar-refractivity contribution in [2.45, 2.75) is 13.5 Å². The van der Waals surface area contributed by atoms with Crippen molar-refractivity contribution < 1.29 is 4.79 Å². The number of carbonyl (C=O) groups is 1. The molecule has 2 N–H and O–H groups in total. The number of anilines is 1. The summed E-state index contributed by atoms with van der Waals surface area (Å²) < 4.78 is 1.77. The lowest BCUT2D eigenvalue weighted by Crippen LogP contribution is -2.19. The van der Waals surface area contributed by atoms with Crippen LogP contribution in [0.15, 0.2) is 30.5 Å². The zero-order valence-corrected chi connectivity index (χ0v) is 13.5.